The van der Waals surface area contributed by atoms with Crippen LogP contribution in [-0.4, -0.2) is 0 Å². The maximum Gasteiger partial charge on any atom is 0.126 e. The van der Waals surface area contributed by atoms with Crippen molar-refractivity contribution in [2.45, 2.75) is 6.54 Å². The SMILES string of the molecule is [N-]=[N+]=NCc1ccc(C(Cl)=C(Cl)Cl)cc1. The van der Waals surface area contributed by atoms with Crippen LogP contribution in [0.4, 0.5) is 0 Å². The smallest absolute Gasteiger partial charge is 0.0893 e. The zero-order chi connectivity index (χ0) is 11.3. The highest BCUT2D eigenvalue weighted by Crippen LogP contribution is 2.27. The molecule has 1 aromatic rings. The van der Waals surface area contributed by atoms with Gasteiger partial charge in [-0.05, 0) is 16.7 Å². The highest BCUT2D eigenvalue weighted by atomic mass is 35.5. The van der Waals surface area contributed by atoms with Gasteiger partial charge < -0.3 is 0 Å². The van der Waals surface area contributed by atoms with Crippen LogP contribution < -0.4 is 0 Å². The number of hydrogen-bond donors (Lipinski definition) is 0. The van der Waals surface area contributed by atoms with Gasteiger partial charge in [-0.15, -0.1) is 0 Å². The molecule has 0 unspecified atom stereocenters. The summed E-state index contributed by atoms with van der Waals surface area (Å²) in [6.45, 7) is 0.312. The average Bonchev–Trinajstić information content (AvgIpc) is 2.26. The van der Waals surface area contributed by atoms with Crippen molar-refractivity contribution < 1.29 is 0 Å². The quantitative estimate of drug-likeness (QED) is 0.425. The van der Waals surface area contributed by atoms with Crippen LogP contribution in [-0.2, 0) is 6.54 Å². The summed E-state index contributed by atoms with van der Waals surface area (Å²) in [5.74, 6) is 0. The third-order valence-electron chi connectivity index (χ3n) is 1.69. The molecule has 0 radical (unpaired) electrons. The van der Waals surface area contributed by atoms with Crippen molar-refractivity contribution in [2.75, 3.05) is 0 Å². The van der Waals surface area contributed by atoms with Crippen molar-refractivity contribution in [3.8, 4) is 0 Å². The van der Waals surface area contributed by atoms with Crippen molar-refractivity contribution >= 4 is 39.8 Å². The molecule has 0 aliphatic heterocycles. The number of azide groups is 1. The van der Waals surface area contributed by atoms with E-state index in [1.54, 1.807) is 24.3 Å². The fourth-order valence-corrected chi connectivity index (χ4v) is 1.32. The molecule has 0 bridgehead atoms. The number of rotatable bonds is 3. The van der Waals surface area contributed by atoms with Gasteiger partial charge in [0.05, 0.1) is 11.6 Å². The molecule has 1 aromatic carbocycles. The normalized spacial score (nSPS) is 9.27. The molecule has 0 aromatic heterocycles. The second kappa shape index (κ2) is 5.89. The number of hydrogen-bond acceptors (Lipinski definition) is 1. The molecule has 3 nitrogen and oxygen atoms in total. The van der Waals surface area contributed by atoms with Crippen molar-refractivity contribution in [1.82, 2.24) is 0 Å². The van der Waals surface area contributed by atoms with Gasteiger partial charge in [0.25, 0.3) is 0 Å². The number of halogens is 3. The fourth-order valence-electron chi connectivity index (χ4n) is 0.979. The average molecular weight is 263 g/mol. The molecule has 0 saturated heterocycles. The molecular weight excluding hydrogens is 256 g/mol. The summed E-state index contributed by atoms with van der Waals surface area (Å²) in [4.78, 5) is 2.66. The van der Waals surface area contributed by atoms with Gasteiger partial charge in [-0.2, -0.15) is 0 Å². The Morgan fingerprint density at radius 2 is 1.80 bits per heavy atom. The third kappa shape index (κ3) is 3.65. The molecular formula is C9H6Cl3N3. The van der Waals surface area contributed by atoms with Gasteiger partial charge in [0.2, 0.25) is 0 Å². The van der Waals surface area contributed by atoms with Gasteiger partial charge in [0.15, 0.2) is 0 Å². The topological polar surface area (TPSA) is 48.8 Å². The summed E-state index contributed by atoms with van der Waals surface area (Å²) >= 11 is 16.9. The van der Waals surface area contributed by atoms with E-state index in [0.29, 0.717) is 11.6 Å². The van der Waals surface area contributed by atoms with Crippen LogP contribution in [0, 0.1) is 0 Å². The predicted molar refractivity (Wildman–Crippen MR) is 63.8 cm³/mol. The van der Waals surface area contributed by atoms with E-state index in [-0.39, 0.29) is 4.49 Å². The molecule has 0 aliphatic carbocycles. The Kier molecular flexibility index (Phi) is 4.79. The molecule has 0 fully saturated rings. The fraction of sp³-hybridized carbons (Fsp3) is 0.111. The Morgan fingerprint density at radius 3 is 2.27 bits per heavy atom. The second-order valence-corrected chi connectivity index (χ2v) is 3.99. The Bertz CT molecular complexity index is 415. The Hall–Kier alpha value is -0.860. The second-order valence-electron chi connectivity index (χ2n) is 2.66. The standard InChI is InChI=1S/C9H6Cl3N3/c10-8(9(11)12)7-3-1-6(2-4-7)5-14-15-13/h1-4H,5H2. The van der Waals surface area contributed by atoms with Gasteiger partial charge >= 0.3 is 0 Å². The molecule has 6 heteroatoms. The summed E-state index contributed by atoms with van der Waals surface area (Å²) in [5.41, 5.74) is 9.76. The van der Waals surface area contributed by atoms with Crippen molar-refractivity contribution in [1.29, 1.82) is 0 Å². The van der Waals surface area contributed by atoms with Gasteiger partial charge in [0.1, 0.15) is 4.49 Å². The van der Waals surface area contributed by atoms with Crippen LogP contribution in [0.25, 0.3) is 15.5 Å². The van der Waals surface area contributed by atoms with Crippen molar-refractivity contribution in [3.05, 3.63) is 50.3 Å². The van der Waals surface area contributed by atoms with Gasteiger partial charge in [0, 0.05) is 4.91 Å². The molecule has 0 saturated carbocycles. The van der Waals surface area contributed by atoms with Crippen LogP contribution in [0.1, 0.15) is 11.1 Å². The van der Waals surface area contributed by atoms with Crippen LogP contribution in [0.15, 0.2) is 33.9 Å². The summed E-state index contributed by atoms with van der Waals surface area (Å²) in [6, 6.07) is 7.11. The summed E-state index contributed by atoms with van der Waals surface area (Å²) in [6.07, 6.45) is 0. The maximum absolute atomic E-state index is 8.14. The lowest BCUT2D eigenvalue weighted by atomic mass is 10.1. The first-order valence-electron chi connectivity index (χ1n) is 3.96. The van der Waals surface area contributed by atoms with E-state index in [2.05, 4.69) is 10.0 Å². The van der Waals surface area contributed by atoms with E-state index in [9.17, 15) is 0 Å². The van der Waals surface area contributed by atoms with Crippen LogP contribution in [0.5, 0.6) is 0 Å². The first kappa shape index (κ1) is 12.2. The lowest BCUT2D eigenvalue weighted by Gasteiger charge is -2.00. The molecule has 0 atom stereocenters. The van der Waals surface area contributed by atoms with E-state index >= 15 is 0 Å². The van der Waals surface area contributed by atoms with Gasteiger partial charge in [-0.3, -0.25) is 0 Å². The molecule has 0 heterocycles. The molecule has 0 aliphatic rings. The Labute approximate surface area is 102 Å². The molecule has 1 rings (SSSR count). The first-order valence-corrected chi connectivity index (χ1v) is 5.09. The largest absolute Gasteiger partial charge is 0.126 e. The minimum absolute atomic E-state index is 0.0273. The highest BCUT2D eigenvalue weighted by Gasteiger charge is 2.02. The van der Waals surface area contributed by atoms with E-state index < -0.39 is 0 Å². The zero-order valence-electron chi connectivity index (χ0n) is 7.49. The van der Waals surface area contributed by atoms with Gasteiger partial charge in [-0.1, -0.05) is 64.2 Å². The number of nitrogens with zero attached hydrogens (tertiary/aromatic N) is 3. The molecule has 0 amide bonds. The minimum atomic E-state index is 0.0273. The maximum atomic E-state index is 8.14. The monoisotopic (exact) mass is 261 g/mol. The number of benzene rings is 1. The van der Waals surface area contributed by atoms with Crippen molar-refractivity contribution in [3.63, 3.8) is 0 Å². The molecule has 0 N–H and O–H groups in total. The van der Waals surface area contributed by atoms with E-state index in [0.717, 1.165) is 11.1 Å². The third-order valence-corrected chi connectivity index (χ3v) is 2.67. The van der Waals surface area contributed by atoms with Crippen LogP contribution in [0.3, 0.4) is 0 Å². The minimum Gasteiger partial charge on any atom is -0.0893 e. The van der Waals surface area contributed by atoms with Gasteiger partial charge in [-0.25, -0.2) is 0 Å². The van der Waals surface area contributed by atoms with E-state index in [4.69, 9.17) is 40.3 Å². The summed E-state index contributed by atoms with van der Waals surface area (Å²) in [7, 11) is 0. The lowest BCUT2D eigenvalue weighted by Crippen LogP contribution is -1.82. The van der Waals surface area contributed by atoms with E-state index in [1.165, 1.54) is 0 Å². The summed E-state index contributed by atoms with van der Waals surface area (Å²) in [5, 5.41) is 3.73. The summed E-state index contributed by atoms with van der Waals surface area (Å²) < 4.78 is 0.0273. The zero-order valence-corrected chi connectivity index (χ0v) is 9.76. The van der Waals surface area contributed by atoms with Crippen LogP contribution >= 0.6 is 34.8 Å². The molecule has 78 valence electrons. The Morgan fingerprint density at radius 1 is 1.20 bits per heavy atom. The molecule has 15 heavy (non-hydrogen) atoms. The van der Waals surface area contributed by atoms with Crippen LogP contribution in [0.2, 0.25) is 0 Å². The first-order chi connectivity index (χ1) is 7.15. The van der Waals surface area contributed by atoms with Crippen molar-refractivity contribution in [2.24, 2.45) is 5.11 Å². The molecule has 0 spiro atoms. The predicted octanol–water partition coefficient (Wildman–Crippen LogP) is 4.84. The lowest BCUT2D eigenvalue weighted by molar-refractivity contribution is 1.05. The van der Waals surface area contributed by atoms with E-state index in [1.807, 2.05) is 0 Å². The highest BCUT2D eigenvalue weighted by molar-refractivity contribution is 6.66. The Balaban J connectivity index is 2.90.